The molecule has 0 aromatic heterocycles. The van der Waals surface area contributed by atoms with Gasteiger partial charge in [0.15, 0.2) is 9.84 Å². The summed E-state index contributed by atoms with van der Waals surface area (Å²) in [6.07, 6.45) is 1.21. The first-order chi connectivity index (χ1) is 7.72. The molecule has 0 aliphatic carbocycles. The van der Waals surface area contributed by atoms with E-state index in [4.69, 9.17) is 0 Å². The first-order valence-electron chi connectivity index (χ1n) is 4.87. The van der Waals surface area contributed by atoms with Crippen molar-refractivity contribution in [1.29, 1.82) is 0 Å². The maximum absolute atomic E-state index is 11.9. The van der Waals surface area contributed by atoms with Crippen molar-refractivity contribution in [1.82, 2.24) is 0 Å². The second-order valence-corrected chi connectivity index (χ2v) is 8.92. The molecule has 0 heterocycles. The predicted molar refractivity (Wildman–Crippen MR) is 70.5 cm³/mol. The van der Waals surface area contributed by atoms with E-state index in [9.17, 15) is 16.8 Å². The van der Waals surface area contributed by atoms with E-state index >= 15 is 0 Å². The molecule has 0 amide bonds. The van der Waals surface area contributed by atoms with Crippen LogP contribution in [0, 0.1) is 0 Å². The van der Waals surface area contributed by atoms with Crippen molar-refractivity contribution in [3.63, 3.8) is 0 Å². The number of benzene rings is 1. The van der Waals surface area contributed by atoms with E-state index < -0.39 is 19.7 Å². The lowest BCUT2D eigenvalue weighted by atomic mass is 10.4. The van der Waals surface area contributed by atoms with Crippen molar-refractivity contribution >= 4 is 35.6 Å². The average molecular weight is 341 g/mol. The van der Waals surface area contributed by atoms with Gasteiger partial charge in [-0.1, -0.05) is 12.1 Å². The van der Waals surface area contributed by atoms with Gasteiger partial charge in [0.05, 0.1) is 16.4 Å². The first-order valence-corrected chi connectivity index (χ1v) is 9.38. The average Bonchev–Trinajstić information content (AvgIpc) is 2.15. The Kier molecular flexibility index (Phi) is 4.74. The molecule has 1 rings (SSSR count). The third kappa shape index (κ3) is 4.77. The summed E-state index contributed by atoms with van der Waals surface area (Å²) in [5.41, 5.74) is 0. The van der Waals surface area contributed by atoms with Crippen molar-refractivity contribution in [2.45, 2.75) is 11.3 Å². The van der Waals surface area contributed by atoms with Gasteiger partial charge in [-0.25, -0.2) is 16.8 Å². The Morgan fingerprint density at radius 3 is 2.18 bits per heavy atom. The molecule has 0 fully saturated rings. The molecule has 0 aliphatic heterocycles. The largest absolute Gasteiger partial charge is 0.229 e. The summed E-state index contributed by atoms with van der Waals surface area (Å²) in [7, 11) is -6.54. The fourth-order valence-electron chi connectivity index (χ4n) is 1.32. The first kappa shape index (κ1) is 14.7. The van der Waals surface area contributed by atoms with Gasteiger partial charge in [-0.3, -0.25) is 0 Å². The number of sulfone groups is 2. The molecule has 17 heavy (non-hydrogen) atoms. The molecule has 7 heteroatoms. The van der Waals surface area contributed by atoms with Crippen LogP contribution in [-0.2, 0) is 19.7 Å². The van der Waals surface area contributed by atoms with Gasteiger partial charge >= 0.3 is 0 Å². The Balaban J connectivity index is 2.81. The van der Waals surface area contributed by atoms with Crippen molar-refractivity contribution < 1.29 is 16.8 Å². The van der Waals surface area contributed by atoms with Gasteiger partial charge < -0.3 is 0 Å². The molecular formula is C10H13BrO4S2. The normalized spacial score (nSPS) is 12.6. The smallest absolute Gasteiger partial charge is 0.179 e. The van der Waals surface area contributed by atoms with Crippen LogP contribution in [0.25, 0.3) is 0 Å². The fourth-order valence-corrected chi connectivity index (χ4v) is 4.59. The maximum Gasteiger partial charge on any atom is 0.179 e. The molecule has 0 radical (unpaired) electrons. The molecule has 1 aromatic rings. The van der Waals surface area contributed by atoms with Gasteiger partial charge in [0.2, 0.25) is 0 Å². The van der Waals surface area contributed by atoms with E-state index in [1.807, 2.05) is 0 Å². The summed E-state index contributed by atoms with van der Waals surface area (Å²) < 4.78 is 46.2. The third-order valence-corrected chi connectivity index (χ3v) is 5.94. The van der Waals surface area contributed by atoms with E-state index in [1.54, 1.807) is 18.2 Å². The Hall–Kier alpha value is -0.400. The molecular weight excluding hydrogens is 328 g/mol. The van der Waals surface area contributed by atoms with Crippen LogP contribution in [0.2, 0.25) is 0 Å². The van der Waals surface area contributed by atoms with Crippen LogP contribution < -0.4 is 0 Å². The summed E-state index contributed by atoms with van der Waals surface area (Å²) in [4.78, 5) is 0.202. The van der Waals surface area contributed by atoms with Crippen LogP contribution in [0.15, 0.2) is 33.6 Å². The molecule has 0 spiro atoms. The highest BCUT2D eigenvalue weighted by Crippen LogP contribution is 2.22. The van der Waals surface area contributed by atoms with Gasteiger partial charge in [0, 0.05) is 10.7 Å². The molecule has 0 saturated carbocycles. The molecule has 0 bridgehead atoms. The predicted octanol–water partition coefficient (Wildman–Crippen LogP) is 1.66. The van der Waals surface area contributed by atoms with Crippen LogP contribution >= 0.6 is 15.9 Å². The minimum atomic E-state index is -3.42. The zero-order valence-corrected chi connectivity index (χ0v) is 12.5. The summed E-state index contributed by atoms with van der Waals surface area (Å²) >= 11 is 3.17. The summed E-state index contributed by atoms with van der Waals surface area (Å²) in [6.45, 7) is 0. The van der Waals surface area contributed by atoms with Crippen LogP contribution in [0.4, 0.5) is 0 Å². The number of halogens is 1. The molecule has 96 valence electrons. The minimum Gasteiger partial charge on any atom is -0.229 e. The van der Waals surface area contributed by atoms with Gasteiger partial charge in [0.25, 0.3) is 0 Å². The zero-order chi connectivity index (χ0) is 13.1. The summed E-state index contributed by atoms with van der Waals surface area (Å²) in [5, 5.41) is 0. The fraction of sp³-hybridized carbons (Fsp3) is 0.400. The van der Waals surface area contributed by atoms with E-state index in [0.29, 0.717) is 4.47 Å². The Bertz CT molecular complexity index is 590. The standard InChI is InChI=1S/C10H13BrO4S2/c1-16(12,13)7-4-8-17(14,15)10-6-3-2-5-9(10)11/h2-3,5-6H,4,7-8H2,1H3. The van der Waals surface area contributed by atoms with Crippen molar-refractivity contribution in [3.05, 3.63) is 28.7 Å². The van der Waals surface area contributed by atoms with Crippen LogP contribution in [0.1, 0.15) is 6.42 Å². The molecule has 1 aromatic carbocycles. The van der Waals surface area contributed by atoms with Crippen LogP contribution in [-0.4, -0.2) is 34.6 Å². The van der Waals surface area contributed by atoms with Crippen molar-refractivity contribution in [2.24, 2.45) is 0 Å². The highest BCUT2D eigenvalue weighted by atomic mass is 79.9. The van der Waals surface area contributed by atoms with Crippen molar-refractivity contribution in [2.75, 3.05) is 17.8 Å². The van der Waals surface area contributed by atoms with Gasteiger partial charge in [-0.15, -0.1) is 0 Å². The molecule has 0 unspecified atom stereocenters. The molecule has 0 saturated heterocycles. The van der Waals surface area contributed by atoms with E-state index in [0.717, 1.165) is 6.26 Å². The van der Waals surface area contributed by atoms with E-state index in [-0.39, 0.29) is 22.8 Å². The lowest BCUT2D eigenvalue weighted by Crippen LogP contribution is -2.12. The lowest BCUT2D eigenvalue weighted by Gasteiger charge is -2.05. The highest BCUT2D eigenvalue weighted by molar-refractivity contribution is 9.10. The van der Waals surface area contributed by atoms with Gasteiger partial charge in [0.1, 0.15) is 9.84 Å². The minimum absolute atomic E-state index is 0.114. The number of hydrogen-bond acceptors (Lipinski definition) is 4. The Morgan fingerprint density at radius 2 is 1.65 bits per heavy atom. The second kappa shape index (κ2) is 5.49. The third-order valence-electron chi connectivity index (χ3n) is 2.10. The molecule has 0 N–H and O–H groups in total. The van der Waals surface area contributed by atoms with Gasteiger partial charge in [-0.05, 0) is 34.5 Å². The van der Waals surface area contributed by atoms with Crippen LogP contribution in [0.3, 0.4) is 0 Å². The lowest BCUT2D eigenvalue weighted by molar-refractivity contribution is 0.592. The Morgan fingerprint density at radius 1 is 1.06 bits per heavy atom. The van der Waals surface area contributed by atoms with E-state index in [2.05, 4.69) is 15.9 Å². The van der Waals surface area contributed by atoms with E-state index in [1.165, 1.54) is 6.07 Å². The molecule has 4 nitrogen and oxygen atoms in total. The summed E-state index contributed by atoms with van der Waals surface area (Å²) in [5.74, 6) is -0.278. The number of hydrogen-bond donors (Lipinski definition) is 0. The highest BCUT2D eigenvalue weighted by Gasteiger charge is 2.17. The van der Waals surface area contributed by atoms with Gasteiger partial charge in [-0.2, -0.15) is 0 Å². The molecule has 0 aliphatic rings. The Labute approximate surface area is 110 Å². The SMILES string of the molecule is CS(=O)(=O)CCCS(=O)(=O)c1ccccc1Br. The molecule has 0 atom stereocenters. The van der Waals surface area contributed by atoms with Crippen molar-refractivity contribution in [3.8, 4) is 0 Å². The summed E-state index contributed by atoms with van der Waals surface area (Å²) in [6, 6.07) is 6.50. The quantitative estimate of drug-likeness (QED) is 0.817. The zero-order valence-electron chi connectivity index (χ0n) is 9.26. The second-order valence-electron chi connectivity index (χ2n) is 3.73. The van der Waals surface area contributed by atoms with Crippen LogP contribution in [0.5, 0.6) is 0 Å². The number of rotatable bonds is 5. The maximum atomic E-state index is 11.9. The monoisotopic (exact) mass is 340 g/mol. The topological polar surface area (TPSA) is 68.3 Å².